The summed E-state index contributed by atoms with van der Waals surface area (Å²) in [6.07, 6.45) is 2.63. The van der Waals surface area contributed by atoms with Crippen molar-refractivity contribution in [2.24, 2.45) is 0 Å². The highest BCUT2D eigenvalue weighted by molar-refractivity contribution is 8.45. The zero-order chi connectivity index (χ0) is 13.2. The monoisotopic (exact) mass is 289 g/mol. The molecule has 2 heterocycles. The lowest BCUT2D eigenvalue weighted by Crippen LogP contribution is -2.06. The van der Waals surface area contributed by atoms with Gasteiger partial charge in [0.2, 0.25) is 0 Å². The van der Waals surface area contributed by atoms with Gasteiger partial charge in [-0.2, -0.15) is 0 Å². The Labute approximate surface area is 108 Å². The second kappa shape index (κ2) is 5.23. The van der Waals surface area contributed by atoms with Crippen LogP contribution in [-0.2, 0) is 15.8 Å². The van der Waals surface area contributed by atoms with Crippen LogP contribution in [0.25, 0.3) is 11.2 Å². The third-order valence-corrected chi connectivity index (χ3v) is 3.03. The van der Waals surface area contributed by atoms with Crippen LogP contribution >= 0.6 is 18.8 Å². The summed E-state index contributed by atoms with van der Waals surface area (Å²) in [5.74, 6) is 0.315. The Morgan fingerprint density at radius 1 is 1.50 bits per heavy atom. The zero-order valence-electron chi connectivity index (χ0n) is 9.30. The Hall–Kier alpha value is -1.15. The fraction of sp³-hybridized carbons (Fsp3) is 0.375. The van der Waals surface area contributed by atoms with Gasteiger partial charge < -0.3 is 19.9 Å². The molecule has 1 unspecified atom stereocenters. The van der Waals surface area contributed by atoms with E-state index in [0.717, 1.165) is 0 Å². The number of nitrogens with two attached hydrogens (primary N) is 1. The first-order valence-corrected chi connectivity index (χ1v) is 8.01. The SMILES string of the molecule is Nc1ncnc2c1ncn2CCOCP(=O)(O)S. The molecule has 0 aliphatic heterocycles. The molecule has 0 saturated carbocycles. The van der Waals surface area contributed by atoms with E-state index in [1.807, 2.05) is 0 Å². The summed E-state index contributed by atoms with van der Waals surface area (Å²) < 4.78 is 17.6. The van der Waals surface area contributed by atoms with Crippen molar-refractivity contribution >= 4 is 35.8 Å². The molecule has 3 N–H and O–H groups in total. The fourth-order valence-electron chi connectivity index (χ4n) is 1.41. The van der Waals surface area contributed by atoms with Gasteiger partial charge in [-0.05, 0) is 0 Å². The molecule has 2 aromatic heterocycles. The highest BCUT2D eigenvalue weighted by Gasteiger charge is 2.11. The molecule has 18 heavy (non-hydrogen) atoms. The molecule has 2 rings (SSSR count). The maximum Gasteiger partial charge on any atom is 0.277 e. The first-order valence-electron chi connectivity index (χ1n) is 5.01. The van der Waals surface area contributed by atoms with Crippen molar-refractivity contribution in [3.63, 3.8) is 0 Å². The predicted octanol–water partition coefficient (Wildman–Crippen LogP) is 0.498. The number of aromatic nitrogens is 4. The van der Waals surface area contributed by atoms with E-state index in [1.54, 1.807) is 10.9 Å². The van der Waals surface area contributed by atoms with Crippen LogP contribution < -0.4 is 5.73 Å². The summed E-state index contributed by atoms with van der Waals surface area (Å²) in [6.45, 7) is -2.73. The van der Waals surface area contributed by atoms with Gasteiger partial charge >= 0.3 is 0 Å². The number of rotatable bonds is 5. The molecule has 0 amide bonds. The molecule has 0 aliphatic carbocycles. The van der Waals surface area contributed by atoms with Crippen molar-refractivity contribution in [2.75, 3.05) is 18.7 Å². The van der Waals surface area contributed by atoms with Crippen molar-refractivity contribution < 1.29 is 14.2 Å². The highest BCUT2D eigenvalue weighted by Crippen LogP contribution is 2.45. The Morgan fingerprint density at radius 2 is 2.28 bits per heavy atom. The molecule has 98 valence electrons. The van der Waals surface area contributed by atoms with Gasteiger partial charge in [0.15, 0.2) is 11.5 Å². The zero-order valence-corrected chi connectivity index (χ0v) is 11.1. The molecule has 8 nitrogen and oxygen atoms in total. The van der Waals surface area contributed by atoms with Crippen LogP contribution in [0, 0.1) is 0 Å². The number of fused-ring (bicyclic) bond motifs is 1. The third-order valence-electron chi connectivity index (χ3n) is 2.17. The van der Waals surface area contributed by atoms with Crippen LogP contribution in [0.2, 0.25) is 0 Å². The van der Waals surface area contributed by atoms with Gasteiger partial charge in [0.05, 0.1) is 12.9 Å². The Balaban J connectivity index is 2.00. The summed E-state index contributed by atoms with van der Waals surface area (Å²) in [4.78, 5) is 20.9. The van der Waals surface area contributed by atoms with E-state index in [4.69, 9.17) is 15.4 Å². The van der Waals surface area contributed by atoms with Gasteiger partial charge in [-0.25, -0.2) is 15.0 Å². The molecule has 0 aromatic carbocycles. The van der Waals surface area contributed by atoms with Gasteiger partial charge in [-0.15, -0.1) is 0 Å². The first-order chi connectivity index (χ1) is 8.47. The summed E-state index contributed by atoms with van der Waals surface area (Å²) >= 11 is 3.50. The average Bonchev–Trinajstić information content (AvgIpc) is 2.68. The van der Waals surface area contributed by atoms with E-state index in [1.165, 1.54) is 6.33 Å². The molecule has 2 aromatic rings. The molecule has 0 fully saturated rings. The molecule has 0 saturated heterocycles. The van der Waals surface area contributed by atoms with Crippen LogP contribution in [-0.4, -0.2) is 37.4 Å². The second-order valence-electron chi connectivity index (χ2n) is 3.57. The van der Waals surface area contributed by atoms with Crippen molar-refractivity contribution in [1.82, 2.24) is 19.5 Å². The van der Waals surface area contributed by atoms with E-state index < -0.39 is 6.57 Å². The molecule has 1 atom stereocenters. The number of ether oxygens (including phenoxy) is 1. The van der Waals surface area contributed by atoms with Crippen molar-refractivity contribution in [3.8, 4) is 0 Å². The minimum atomic E-state index is -3.43. The quantitative estimate of drug-likeness (QED) is 0.417. The number of hydrogen-bond donors (Lipinski definition) is 3. The fourth-order valence-corrected chi connectivity index (χ4v) is 2.02. The average molecular weight is 289 g/mol. The Morgan fingerprint density at radius 3 is 3.00 bits per heavy atom. The van der Waals surface area contributed by atoms with Crippen LogP contribution in [0.15, 0.2) is 12.7 Å². The van der Waals surface area contributed by atoms with E-state index in [0.29, 0.717) is 23.5 Å². The van der Waals surface area contributed by atoms with Crippen molar-refractivity contribution in [2.45, 2.75) is 6.54 Å². The highest BCUT2D eigenvalue weighted by atomic mass is 32.7. The summed E-state index contributed by atoms with van der Waals surface area (Å²) in [7, 11) is 0. The normalized spacial score (nSPS) is 14.8. The topological polar surface area (TPSA) is 116 Å². The minimum Gasteiger partial charge on any atom is -0.382 e. The Kier molecular flexibility index (Phi) is 3.86. The summed E-state index contributed by atoms with van der Waals surface area (Å²) in [5.41, 5.74) is 6.77. The number of nitrogens with zero attached hydrogens (tertiary/aromatic N) is 4. The number of thiol groups is 1. The number of imidazole rings is 1. The lowest BCUT2D eigenvalue weighted by Gasteiger charge is -2.07. The second-order valence-corrected chi connectivity index (χ2v) is 7.03. The van der Waals surface area contributed by atoms with Gasteiger partial charge in [0.25, 0.3) is 6.57 Å². The lowest BCUT2D eigenvalue weighted by atomic mass is 10.5. The number of anilines is 1. The summed E-state index contributed by atoms with van der Waals surface area (Å²) in [5, 5.41) is 0. The maximum atomic E-state index is 10.9. The number of nitrogen functional groups attached to an aromatic ring is 1. The molecule has 0 bridgehead atoms. The van der Waals surface area contributed by atoms with Crippen LogP contribution in [0.5, 0.6) is 0 Å². The van der Waals surface area contributed by atoms with E-state index in [-0.39, 0.29) is 13.0 Å². The summed E-state index contributed by atoms with van der Waals surface area (Å²) in [6, 6.07) is 0. The van der Waals surface area contributed by atoms with Crippen LogP contribution in [0.3, 0.4) is 0 Å². The van der Waals surface area contributed by atoms with E-state index in [2.05, 4.69) is 27.2 Å². The molecule has 10 heteroatoms. The predicted molar refractivity (Wildman–Crippen MR) is 69.4 cm³/mol. The van der Waals surface area contributed by atoms with Crippen molar-refractivity contribution in [3.05, 3.63) is 12.7 Å². The van der Waals surface area contributed by atoms with Crippen LogP contribution in [0.4, 0.5) is 5.82 Å². The molecule has 0 aliphatic rings. The van der Waals surface area contributed by atoms with Gasteiger partial charge in [0, 0.05) is 6.54 Å². The molecule has 0 spiro atoms. The minimum absolute atomic E-state index is 0.250. The third kappa shape index (κ3) is 3.20. The van der Waals surface area contributed by atoms with Crippen molar-refractivity contribution in [1.29, 1.82) is 0 Å². The molecular weight excluding hydrogens is 277 g/mol. The van der Waals surface area contributed by atoms with Crippen LogP contribution in [0.1, 0.15) is 0 Å². The first kappa shape index (κ1) is 13.3. The lowest BCUT2D eigenvalue weighted by molar-refractivity contribution is 0.162. The largest absolute Gasteiger partial charge is 0.382 e. The Bertz CT molecular complexity index is 597. The van der Waals surface area contributed by atoms with E-state index >= 15 is 0 Å². The number of hydrogen-bond acceptors (Lipinski definition) is 6. The van der Waals surface area contributed by atoms with E-state index in [9.17, 15) is 4.57 Å². The maximum absolute atomic E-state index is 10.9. The van der Waals surface area contributed by atoms with Gasteiger partial charge in [0.1, 0.15) is 18.2 Å². The van der Waals surface area contributed by atoms with Gasteiger partial charge in [-0.1, -0.05) is 12.2 Å². The van der Waals surface area contributed by atoms with Gasteiger partial charge in [-0.3, -0.25) is 4.57 Å². The molecular formula is C8H12N5O3PS. The smallest absolute Gasteiger partial charge is 0.277 e. The molecule has 0 radical (unpaired) electrons. The standard InChI is InChI=1S/C8H12N5O3PS/c9-7-6-8(11-3-10-7)13(4-12-6)1-2-16-5-17(14,15)18/h3-4H,1-2,5H2,(H2,9,10,11)(H2,14,15,18).